The fourth-order valence-corrected chi connectivity index (χ4v) is 1.53. The van der Waals surface area contributed by atoms with Crippen LogP contribution in [-0.2, 0) is 4.79 Å². The zero-order valence-electron chi connectivity index (χ0n) is 11.5. The van der Waals surface area contributed by atoms with Crippen molar-refractivity contribution >= 4 is 5.91 Å². The Hall–Kier alpha value is -0.570. The average Bonchev–Trinajstić information content (AvgIpc) is 2.31. The van der Waals surface area contributed by atoms with Crippen LogP contribution in [0.2, 0.25) is 0 Å². The van der Waals surface area contributed by atoms with Gasteiger partial charge in [-0.15, -0.1) is 0 Å². The third-order valence-electron chi connectivity index (χ3n) is 4.06. The Balaban J connectivity index is 4.38. The van der Waals surface area contributed by atoms with Crippen LogP contribution >= 0.6 is 0 Å². The minimum absolute atomic E-state index is 0.0689. The number of carbonyl (C=O) groups excluding carboxylic acids is 1. The lowest BCUT2D eigenvalue weighted by atomic mass is 9.81. The van der Waals surface area contributed by atoms with Crippen molar-refractivity contribution in [2.45, 2.75) is 53.9 Å². The Kier molecular flexibility index (Phi) is 6.01. The molecule has 0 radical (unpaired) electrons. The van der Waals surface area contributed by atoms with Gasteiger partial charge in [0.05, 0.1) is 0 Å². The lowest BCUT2D eigenvalue weighted by Gasteiger charge is -2.32. The Labute approximate surface area is 100 Å². The van der Waals surface area contributed by atoms with E-state index in [-0.39, 0.29) is 16.7 Å². The molecule has 0 atom stereocenters. The van der Waals surface area contributed by atoms with Gasteiger partial charge in [0.25, 0.3) is 0 Å². The molecule has 3 nitrogen and oxygen atoms in total. The van der Waals surface area contributed by atoms with Crippen LogP contribution in [0.25, 0.3) is 0 Å². The first-order valence-corrected chi connectivity index (χ1v) is 6.36. The van der Waals surface area contributed by atoms with E-state index in [9.17, 15) is 4.79 Å². The molecule has 16 heavy (non-hydrogen) atoms. The molecule has 3 N–H and O–H groups in total. The molecule has 0 fully saturated rings. The Morgan fingerprint density at radius 3 is 1.94 bits per heavy atom. The van der Waals surface area contributed by atoms with Gasteiger partial charge in [-0.3, -0.25) is 4.79 Å². The molecule has 0 saturated carbocycles. The fourth-order valence-electron chi connectivity index (χ4n) is 1.53. The topological polar surface area (TPSA) is 55.1 Å². The smallest absolute Gasteiger partial charge is 0.225 e. The van der Waals surface area contributed by atoms with Gasteiger partial charge in [0.2, 0.25) is 5.91 Å². The van der Waals surface area contributed by atoms with Crippen molar-refractivity contribution in [3.05, 3.63) is 0 Å². The van der Waals surface area contributed by atoms with Crippen molar-refractivity contribution < 1.29 is 4.79 Å². The molecule has 0 saturated heterocycles. The second kappa shape index (κ2) is 6.24. The summed E-state index contributed by atoms with van der Waals surface area (Å²) in [6, 6.07) is 0. The van der Waals surface area contributed by atoms with Crippen LogP contribution < -0.4 is 11.1 Å². The molecule has 0 unspecified atom stereocenters. The van der Waals surface area contributed by atoms with E-state index in [1.54, 1.807) is 0 Å². The quantitative estimate of drug-likeness (QED) is 0.702. The first-order chi connectivity index (χ1) is 7.37. The number of amides is 1. The first-order valence-electron chi connectivity index (χ1n) is 6.36. The highest BCUT2D eigenvalue weighted by Gasteiger charge is 2.29. The highest BCUT2D eigenvalue weighted by Crippen LogP contribution is 2.25. The van der Waals surface area contributed by atoms with Crippen molar-refractivity contribution in [3.8, 4) is 0 Å². The zero-order chi connectivity index (χ0) is 12.8. The summed E-state index contributed by atoms with van der Waals surface area (Å²) in [6.45, 7) is 11.6. The number of hydrogen-bond donors (Lipinski definition) is 2. The standard InChI is InChI=1S/C13H28N2O/c1-6-12(4,5)11(16)15-10-13(7-2,8-3)9-14/h6-10,14H2,1-5H3,(H,15,16). The molecule has 1 amide bonds. The lowest BCUT2D eigenvalue weighted by molar-refractivity contribution is -0.130. The van der Waals surface area contributed by atoms with Crippen molar-refractivity contribution in [2.24, 2.45) is 16.6 Å². The summed E-state index contributed by atoms with van der Waals surface area (Å²) in [5.41, 5.74) is 5.60. The van der Waals surface area contributed by atoms with Gasteiger partial charge in [-0.1, -0.05) is 34.6 Å². The van der Waals surface area contributed by atoms with E-state index in [1.807, 2.05) is 20.8 Å². The lowest BCUT2D eigenvalue weighted by Crippen LogP contribution is -2.45. The maximum Gasteiger partial charge on any atom is 0.225 e. The van der Waals surface area contributed by atoms with Crippen LogP contribution in [-0.4, -0.2) is 19.0 Å². The highest BCUT2D eigenvalue weighted by atomic mass is 16.2. The maximum absolute atomic E-state index is 11.9. The summed E-state index contributed by atoms with van der Waals surface area (Å²) in [7, 11) is 0. The number of rotatable bonds is 7. The predicted molar refractivity (Wildman–Crippen MR) is 69.2 cm³/mol. The van der Waals surface area contributed by atoms with Crippen LogP contribution in [0.1, 0.15) is 53.9 Å². The van der Waals surface area contributed by atoms with Crippen molar-refractivity contribution in [1.29, 1.82) is 0 Å². The second-order valence-corrected chi connectivity index (χ2v) is 5.33. The third kappa shape index (κ3) is 3.78. The van der Waals surface area contributed by atoms with Crippen LogP contribution in [0.5, 0.6) is 0 Å². The molecule has 96 valence electrons. The molecule has 0 aromatic rings. The van der Waals surface area contributed by atoms with Crippen molar-refractivity contribution in [3.63, 3.8) is 0 Å². The van der Waals surface area contributed by atoms with E-state index in [1.165, 1.54) is 0 Å². The molecular formula is C13H28N2O. The van der Waals surface area contributed by atoms with Gasteiger partial charge < -0.3 is 11.1 Å². The van der Waals surface area contributed by atoms with E-state index in [4.69, 9.17) is 5.73 Å². The van der Waals surface area contributed by atoms with E-state index in [0.29, 0.717) is 13.1 Å². The zero-order valence-corrected chi connectivity index (χ0v) is 11.5. The summed E-state index contributed by atoms with van der Waals surface area (Å²) in [5, 5.41) is 3.05. The van der Waals surface area contributed by atoms with E-state index >= 15 is 0 Å². The fraction of sp³-hybridized carbons (Fsp3) is 0.923. The van der Waals surface area contributed by atoms with Gasteiger partial charge in [-0.2, -0.15) is 0 Å². The van der Waals surface area contributed by atoms with Crippen LogP contribution in [0.3, 0.4) is 0 Å². The molecule has 0 heterocycles. The number of nitrogens with two attached hydrogens (primary N) is 1. The molecule has 0 aromatic heterocycles. The Bertz CT molecular complexity index is 212. The number of nitrogens with one attached hydrogen (secondary N) is 1. The summed E-state index contributed by atoms with van der Waals surface area (Å²) in [6.07, 6.45) is 2.87. The minimum Gasteiger partial charge on any atom is -0.355 e. The van der Waals surface area contributed by atoms with Crippen molar-refractivity contribution in [2.75, 3.05) is 13.1 Å². The summed E-state index contributed by atoms with van der Waals surface area (Å²) >= 11 is 0. The van der Waals surface area contributed by atoms with Gasteiger partial charge in [-0.25, -0.2) is 0 Å². The van der Waals surface area contributed by atoms with Crippen molar-refractivity contribution in [1.82, 2.24) is 5.32 Å². The molecule has 0 aliphatic heterocycles. The Morgan fingerprint density at radius 1 is 1.12 bits per heavy atom. The minimum atomic E-state index is -0.276. The van der Waals surface area contributed by atoms with E-state index in [0.717, 1.165) is 19.3 Å². The normalized spacial score (nSPS) is 12.6. The van der Waals surface area contributed by atoms with Gasteiger partial charge in [-0.05, 0) is 31.2 Å². The predicted octanol–water partition coefficient (Wildman–Crippen LogP) is 2.30. The molecule has 0 aliphatic carbocycles. The molecule has 0 spiro atoms. The average molecular weight is 228 g/mol. The van der Waals surface area contributed by atoms with Crippen LogP contribution in [0, 0.1) is 10.8 Å². The first kappa shape index (κ1) is 15.4. The second-order valence-electron chi connectivity index (χ2n) is 5.33. The Morgan fingerprint density at radius 2 is 1.62 bits per heavy atom. The highest BCUT2D eigenvalue weighted by molar-refractivity contribution is 5.81. The van der Waals surface area contributed by atoms with Gasteiger partial charge in [0, 0.05) is 12.0 Å². The monoisotopic (exact) mass is 228 g/mol. The summed E-state index contributed by atoms with van der Waals surface area (Å²) in [5.74, 6) is 0.134. The maximum atomic E-state index is 11.9. The molecule has 0 bridgehead atoms. The largest absolute Gasteiger partial charge is 0.355 e. The van der Waals surface area contributed by atoms with E-state index < -0.39 is 0 Å². The van der Waals surface area contributed by atoms with Crippen LogP contribution in [0.15, 0.2) is 0 Å². The van der Waals surface area contributed by atoms with E-state index in [2.05, 4.69) is 19.2 Å². The molecule has 0 rings (SSSR count). The van der Waals surface area contributed by atoms with Gasteiger partial charge >= 0.3 is 0 Å². The molecule has 0 aromatic carbocycles. The summed E-state index contributed by atoms with van der Waals surface area (Å²) < 4.78 is 0. The molecule has 0 aliphatic rings. The number of hydrogen-bond acceptors (Lipinski definition) is 2. The third-order valence-corrected chi connectivity index (χ3v) is 4.06. The molecular weight excluding hydrogens is 200 g/mol. The molecule has 3 heteroatoms. The van der Waals surface area contributed by atoms with Gasteiger partial charge in [0.15, 0.2) is 0 Å². The summed E-state index contributed by atoms with van der Waals surface area (Å²) in [4.78, 5) is 11.9. The van der Waals surface area contributed by atoms with Gasteiger partial charge in [0.1, 0.15) is 0 Å². The number of carbonyl (C=O) groups is 1. The van der Waals surface area contributed by atoms with Crippen LogP contribution in [0.4, 0.5) is 0 Å². The SMILES string of the molecule is CCC(CC)(CN)CNC(=O)C(C)(C)CC.